The van der Waals surface area contributed by atoms with E-state index >= 15 is 0 Å². The molecule has 0 unspecified atom stereocenters. The van der Waals surface area contributed by atoms with Gasteiger partial charge in [0.05, 0.1) is 12.7 Å². The molecule has 2 saturated heterocycles. The Hall–Kier alpha value is -1.79. The molecule has 1 aromatic carbocycles. The lowest BCUT2D eigenvalue weighted by molar-refractivity contribution is -0.0171. The Bertz CT molecular complexity index is 621. The van der Waals surface area contributed by atoms with Gasteiger partial charge in [0.1, 0.15) is 0 Å². The van der Waals surface area contributed by atoms with Crippen molar-refractivity contribution in [2.45, 2.75) is 19.4 Å². The zero-order valence-electron chi connectivity index (χ0n) is 14.1. The third kappa shape index (κ3) is 2.96. The monoisotopic (exact) mass is 332 g/mol. The van der Waals surface area contributed by atoms with Gasteiger partial charge in [0.15, 0.2) is 11.5 Å². The van der Waals surface area contributed by atoms with E-state index in [2.05, 4.69) is 11.8 Å². The maximum absolute atomic E-state index is 12.8. The molecule has 1 amide bonds. The van der Waals surface area contributed by atoms with Crippen LogP contribution in [-0.2, 0) is 4.74 Å². The molecule has 4 rings (SSSR count). The number of likely N-dealkylation sites (tertiary alicyclic amines) is 1. The number of carbonyl (C=O) groups is 1. The summed E-state index contributed by atoms with van der Waals surface area (Å²) < 4.78 is 16.7. The van der Waals surface area contributed by atoms with Gasteiger partial charge in [-0.15, -0.1) is 0 Å². The molecule has 130 valence electrons. The quantitative estimate of drug-likeness (QED) is 0.823. The fraction of sp³-hybridized carbons (Fsp3) is 0.611. The van der Waals surface area contributed by atoms with Gasteiger partial charge < -0.3 is 24.0 Å². The molecule has 0 aliphatic carbocycles. The van der Waals surface area contributed by atoms with Crippen molar-refractivity contribution in [3.05, 3.63) is 23.8 Å². The first kappa shape index (κ1) is 15.7. The molecule has 3 aliphatic rings. The van der Waals surface area contributed by atoms with Crippen LogP contribution in [0.3, 0.4) is 0 Å². The Balaban J connectivity index is 1.45. The summed E-state index contributed by atoms with van der Waals surface area (Å²) in [6.07, 6.45) is 1.14. The molecule has 0 aromatic heterocycles. The minimum Gasteiger partial charge on any atom is -0.454 e. The molecule has 2 atom stereocenters. The zero-order chi connectivity index (χ0) is 16.5. The van der Waals surface area contributed by atoms with E-state index in [1.54, 1.807) is 6.07 Å². The lowest BCUT2D eigenvalue weighted by atomic mass is 9.93. The van der Waals surface area contributed by atoms with Crippen molar-refractivity contribution in [1.29, 1.82) is 0 Å². The summed E-state index contributed by atoms with van der Waals surface area (Å²) in [6.45, 7) is 7.76. The van der Waals surface area contributed by atoms with E-state index in [0.29, 0.717) is 29.5 Å². The van der Waals surface area contributed by atoms with E-state index in [9.17, 15) is 4.79 Å². The molecular formula is C18H24N2O4. The maximum atomic E-state index is 12.8. The summed E-state index contributed by atoms with van der Waals surface area (Å²) in [7, 11) is 0. The average molecular weight is 332 g/mol. The Kier molecular flexibility index (Phi) is 4.33. The van der Waals surface area contributed by atoms with Crippen LogP contribution in [0, 0.1) is 5.92 Å². The predicted molar refractivity (Wildman–Crippen MR) is 88.4 cm³/mol. The fourth-order valence-electron chi connectivity index (χ4n) is 3.80. The highest BCUT2D eigenvalue weighted by atomic mass is 16.7. The standard InChI is InChI=1S/C18H24N2O4/c1-2-19-7-8-22-17-11-20(6-5-14(17)10-19)18(21)13-3-4-15-16(9-13)24-12-23-15/h3-4,9,14,17H,2,5-8,10-12H2,1H3/t14-,17-/m1/s1. The van der Waals surface area contributed by atoms with Gasteiger partial charge in [-0.05, 0) is 31.2 Å². The summed E-state index contributed by atoms with van der Waals surface area (Å²) in [5, 5.41) is 0. The third-order valence-corrected chi connectivity index (χ3v) is 5.28. The van der Waals surface area contributed by atoms with Crippen LogP contribution in [0.15, 0.2) is 18.2 Å². The highest BCUT2D eigenvalue weighted by Crippen LogP contribution is 2.33. The number of hydrogen-bond donors (Lipinski definition) is 0. The van der Waals surface area contributed by atoms with Crippen molar-refractivity contribution in [1.82, 2.24) is 9.80 Å². The van der Waals surface area contributed by atoms with Crippen LogP contribution >= 0.6 is 0 Å². The number of rotatable bonds is 2. The predicted octanol–water partition coefficient (Wildman–Crippen LogP) is 1.60. The fourth-order valence-corrected chi connectivity index (χ4v) is 3.80. The minimum absolute atomic E-state index is 0.0481. The number of likely N-dealkylation sites (N-methyl/N-ethyl adjacent to an activating group) is 1. The second-order valence-electron chi connectivity index (χ2n) is 6.67. The smallest absolute Gasteiger partial charge is 0.254 e. The highest BCUT2D eigenvalue weighted by Gasteiger charge is 2.35. The summed E-state index contributed by atoms with van der Waals surface area (Å²) in [4.78, 5) is 17.2. The highest BCUT2D eigenvalue weighted by molar-refractivity contribution is 5.95. The Morgan fingerprint density at radius 3 is 2.96 bits per heavy atom. The number of amides is 1. The van der Waals surface area contributed by atoms with Gasteiger partial charge in [0.2, 0.25) is 6.79 Å². The van der Waals surface area contributed by atoms with E-state index in [1.807, 2.05) is 17.0 Å². The molecule has 0 spiro atoms. The molecule has 0 N–H and O–H groups in total. The number of piperidine rings is 1. The van der Waals surface area contributed by atoms with Gasteiger partial charge in [0, 0.05) is 37.7 Å². The van der Waals surface area contributed by atoms with Gasteiger partial charge in [-0.25, -0.2) is 0 Å². The van der Waals surface area contributed by atoms with Crippen LogP contribution in [-0.4, -0.2) is 67.9 Å². The van der Waals surface area contributed by atoms with Crippen molar-refractivity contribution in [3.63, 3.8) is 0 Å². The van der Waals surface area contributed by atoms with Crippen molar-refractivity contribution < 1.29 is 19.0 Å². The molecule has 24 heavy (non-hydrogen) atoms. The summed E-state index contributed by atoms with van der Waals surface area (Å²) in [6, 6.07) is 5.40. The van der Waals surface area contributed by atoms with Crippen LogP contribution in [0.4, 0.5) is 0 Å². The van der Waals surface area contributed by atoms with E-state index in [-0.39, 0.29) is 18.8 Å². The number of nitrogens with zero attached hydrogens (tertiary/aromatic N) is 2. The van der Waals surface area contributed by atoms with E-state index in [1.165, 1.54) is 0 Å². The minimum atomic E-state index is 0.0481. The van der Waals surface area contributed by atoms with Gasteiger partial charge >= 0.3 is 0 Å². The molecule has 3 heterocycles. The molecule has 2 fully saturated rings. The Morgan fingerprint density at radius 1 is 1.21 bits per heavy atom. The lowest BCUT2D eigenvalue weighted by Crippen LogP contribution is -2.49. The number of benzene rings is 1. The molecular weight excluding hydrogens is 308 g/mol. The van der Waals surface area contributed by atoms with Gasteiger partial charge in [-0.1, -0.05) is 6.92 Å². The molecule has 6 heteroatoms. The van der Waals surface area contributed by atoms with Gasteiger partial charge in [-0.2, -0.15) is 0 Å². The topological polar surface area (TPSA) is 51.2 Å². The maximum Gasteiger partial charge on any atom is 0.254 e. The Labute approximate surface area is 142 Å². The largest absolute Gasteiger partial charge is 0.454 e. The summed E-state index contributed by atoms with van der Waals surface area (Å²) in [5.74, 6) is 1.93. The Morgan fingerprint density at radius 2 is 2.08 bits per heavy atom. The van der Waals surface area contributed by atoms with Crippen molar-refractivity contribution in [2.75, 3.05) is 46.1 Å². The van der Waals surface area contributed by atoms with Crippen molar-refractivity contribution in [2.24, 2.45) is 5.92 Å². The van der Waals surface area contributed by atoms with Crippen molar-refractivity contribution >= 4 is 5.91 Å². The number of ether oxygens (including phenoxy) is 3. The normalized spacial score (nSPS) is 26.8. The van der Waals surface area contributed by atoms with Gasteiger partial charge in [0.25, 0.3) is 5.91 Å². The number of carbonyl (C=O) groups excluding carboxylic acids is 1. The summed E-state index contributed by atoms with van der Waals surface area (Å²) in [5.41, 5.74) is 0.654. The first-order chi connectivity index (χ1) is 11.7. The molecule has 0 radical (unpaired) electrons. The van der Waals surface area contributed by atoms with Crippen LogP contribution < -0.4 is 9.47 Å². The first-order valence-corrected chi connectivity index (χ1v) is 8.77. The lowest BCUT2D eigenvalue weighted by Gasteiger charge is -2.38. The van der Waals surface area contributed by atoms with E-state index in [0.717, 1.165) is 39.2 Å². The third-order valence-electron chi connectivity index (χ3n) is 5.28. The first-order valence-electron chi connectivity index (χ1n) is 8.77. The molecule has 6 nitrogen and oxygen atoms in total. The van der Waals surface area contributed by atoms with Crippen LogP contribution in [0.25, 0.3) is 0 Å². The second-order valence-corrected chi connectivity index (χ2v) is 6.67. The molecule has 0 saturated carbocycles. The van der Waals surface area contributed by atoms with E-state index in [4.69, 9.17) is 14.2 Å². The van der Waals surface area contributed by atoms with Crippen LogP contribution in [0.5, 0.6) is 11.5 Å². The van der Waals surface area contributed by atoms with Gasteiger partial charge in [-0.3, -0.25) is 4.79 Å². The second kappa shape index (κ2) is 6.61. The SMILES string of the molecule is CCN1CCO[C@@H]2CN(C(=O)c3ccc4c(c3)OCO4)CC[C@@H]2C1. The molecule has 3 aliphatic heterocycles. The molecule has 0 bridgehead atoms. The van der Waals surface area contributed by atoms with E-state index < -0.39 is 0 Å². The summed E-state index contributed by atoms with van der Waals surface area (Å²) >= 11 is 0. The van der Waals surface area contributed by atoms with Crippen molar-refractivity contribution in [3.8, 4) is 11.5 Å². The van der Waals surface area contributed by atoms with Crippen LogP contribution in [0.2, 0.25) is 0 Å². The zero-order valence-corrected chi connectivity index (χ0v) is 14.1. The van der Waals surface area contributed by atoms with Crippen LogP contribution in [0.1, 0.15) is 23.7 Å². The molecule has 1 aromatic rings. The number of hydrogen-bond acceptors (Lipinski definition) is 5. The average Bonchev–Trinajstić information content (AvgIpc) is 2.98. The number of fused-ring (bicyclic) bond motifs is 2.